The summed E-state index contributed by atoms with van der Waals surface area (Å²) in [5.74, 6) is -0.407. The molecule has 3 N–H and O–H groups in total. The Kier molecular flexibility index (Phi) is 4.39. The van der Waals surface area contributed by atoms with E-state index in [1.165, 1.54) is 0 Å². The molecule has 0 aliphatic heterocycles. The predicted octanol–water partition coefficient (Wildman–Crippen LogP) is 3.76. The van der Waals surface area contributed by atoms with Gasteiger partial charge >= 0.3 is 0 Å². The molecule has 0 bridgehead atoms. The number of anilines is 1. The zero-order chi connectivity index (χ0) is 16.2. The molecule has 4 nitrogen and oxygen atoms in total. The molecule has 1 atom stereocenters. The molecule has 0 aliphatic rings. The number of nitrogens with two attached hydrogens (primary N) is 1. The minimum atomic E-state index is -0.552. The van der Waals surface area contributed by atoms with E-state index < -0.39 is 11.9 Å². The zero-order valence-corrected chi connectivity index (χ0v) is 13.5. The first-order valence-electron chi connectivity index (χ1n) is 7.27. The monoisotopic (exact) mass is 323 g/mol. The lowest BCUT2D eigenvalue weighted by Crippen LogP contribution is -2.27. The van der Waals surface area contributed by atoms with E-state index in [9.17, 15) is 4.79 Å². The normalized spacial score (nSPS) is 11.9. The largest absolute Gasteiger partial charge is 0.370 e. The maximum absolute atomic E-state index is 11.7. The highest BCUT2D eigenvalue weighted by Gasteiger charge is 2.17. The molecule has 116 valence electrons. The first-order valence-corrected chi connectivity index (χ1v) is 8.15. The first-order chi connectivity index (χ1) is 11.1. The minimum absolute atomic E-state index is 0.407. The molecule has 1 amide bonds. The number of carbonyl (C=O) groups is 1. The molecule has 1 aromatic heterocycles. The van der Waals surface area contributed by atoms with Crippen molar-refractivity contribution in [3.8, 4) is 11.3 Å². The van der Waals surface area contributed by atoms with Crippen LogP contribution in [0.15, 0.2) is 60.0 Å². The first kappa shape index (κ1) is 15.2. The van der Waals surface area contributed by atoms with Crippen LogP contribution in [0.2, 0.25) is 0 Å². The van der Waals surface area contributed by atoms with Crippen LogP contribution in [-0.4, -0.2) is 10.9 Å². The van der Waals surface area contributed by atoms with E-state index in [0.717, 1.165) is 27.5 Å². The number of rotatable bonds is 5. The van der Waals surface area contributed by atoms with E-state index in [-0.39, 0.29) is 0 Å². The van der Waals surface area contributed by atoms with E-state index >= 15 is 0 Å². The Morgan fingerprint density at radius 3 is 2.39 bits per heavy atom. The second-order valence-corrected chi connectivity index (χ2v) is 6.28. The van der Waals surface area contributed by atoms with Crippen molar-refractivity contribution in [1.29, 1.82) is 0 Å². The summed E-state index contributed by atoms with van der Waals surface area (Å²) in [4.78, 5) is 16.2. The topological polar surface area (TPSA) is 68.0 Å². The molecule has 1 unspecified atom stereocenters. The van der Waals surface area contributed by atoms with Gasteiger partial charge in [0.2, 0.25) is 5.91 Å². The molecule has 0 aliphatic carbocycles. The second kappa shape index (κ2) is 6.62. The van der Waals surface area contributed by atoms with Gasteiger partial charge in [-0.25, -0.2) is 4.98 Å². The molecule has 0 saturated heterocycles. The number of benzene rings is 2. The van der Waals surface area contributed by atoms with Gasteiger partial charge in [-0.2, -0.15) is 0 Å². The van der Waals surface area contributed by atoms with Gasteiger partial charge in [0.1, 0.15) is 6.04 Å². The van der Waals surface area contributed by atoms with E-state index in [1.54, 1.807) is 11.3 Å². The van der Waals surface area contributed by atoms with Crippen molar-refractivity contribution in [3.05, 3.63) is 70.5 Å². The van der Waals surface area contributed by atoms with Crippen LogP contribution < -0.4 is 11.1 Å². The van der Waals surface area contributed by atoms with Gasteiger partial charge in [0, 0.05) is 16.6 Å². The molecule has 0 spiro atoms. The van der Waals surface area contributed by atoms with Crippen LogP contribution in [0.4, 0.5) is 5.69 Å². The Hall–Kier alpha value is -2.66. The number of hydrogen-bond donors (Lipinski definition) is 2. The molecule has 2 aromatic carbocycles. The Morgan fingerprint density at radius 2 is 1.83 bits per heavy atom. The SMILES string of the molecule is Cc1nc(-c2ccc(NC(C(N)=O)c3ccccc3)cc2)cs1. The maximum Gasteiger partial charge on any atom is 0.244 e. The van der Waals surface area contributed by atoms with Crippen molar-refractivity contribution in [3.63, 3.8) is 0 Å². The van der Waals surface area contributed by atoms with Gasteiger partial charge in [-0.3, -0.25) is 4.79 Å². The summed E-state index contributed by atoms with van der Waals surface area (Å²) >= 11 is 1.63. The minimum Gasteiger partial charge on any atom is -0.370 e. The van der Waals surface area contributed by atoms with Gasteiger partial charge < -0.3 is 11.1 Å². The number of nitrogens with zero attached hydrogens (tertiary/aromatic N) is 1. The molecule has 5 heteroatoms. The van der Waals surface area contributed by atoms with Crippen LogP contribution in [0.3, 0.4) is 0 Å². The lowest BCUT2D eigenvalue weighted by molar-refractivity contribution is -0.118. The third kappa shape index (κ3) is 3.57. The Bertz CT molecular complexity index is 797. The average molecular weight is 323 g/mol. The number of primary amides is 1. The molecule has 0 saturated carbocycles. The van der Waals surface area contributed by atoms with E-state index in [2.05, 4.69) is 10.3 Å². The summed E-state index contributed by atoms with van der Waals surface area (Å²) in [5, 5.41) is 6.26. The number of carbonyl (C=O) groups excluding carboxylic acids is 1. The fourth-order valence-corrected chi connectivity index (χ4v) is 2.99. The quantitative estimate of drug-likeness (QED) is 0.751. The van der Waals surface area contributed by atoms with Crippen molar-refractivity contribution >= 4 is 22.9 Å². The highest BCUT2D eigenvalue weighted by molar-refractivity contribution is 7.09. The Balaban J connectivity index is 1.80. The zero-order valence-electron chi connectivity index (χ0n) is 12.7. The predicted molar refractivity (Wildman–Crippen MR) is 94.3 cm³/mol. The molecule has 0 radical (unpaired) electrons. The third-order valence-electron chi connectivity index (χ3n) is 3.53. The number of hydrogen-bond acceptors (Lipinski definition) is 4. The molecule has 3 rings (SSSR count). The van der Waals surface area contributed by atoms with Crippen LogP contribution in [0, 0.1) is 6.92 Å². The van der Waals surface area contributed by atoms with Gasteiger partial charge in [-0.15, -0.1) is 11.3 Å². The highest BCUT2D eigenvalue weighted by atomic mass is 32.1. The van der Waals surface area contributed by atoms with Crippen LogP contribution in [-0.2, 0) is 4.79 Å². The van der Waals surface area contributed by atoms with Gasteiger partial charge in [0.15, 0.2) is 0 Å². The van der Waals surface area contributed by atoms with Crippen LogP contribution >= 0.6 is 11.3 Å². The summed E-state index contributed by atoms with van der Waals surface area (Å²) in [7, 11) is 0. The fraction of sp³-hybridized carbons (Fsp3) is 0.111. The van der Waals surface area contributed by atoms with E-state index in [1.807, 2.05) is 66.9 Å². The second-order valence-electron chi connectivity index (χ2n) is 5.22. The smallest absolute Gasteiger partial charge is 0.244 e. The van der Waals surface area contributed by atoms with E-state index in [4.69, 9.17) is 5.73 Å². The lowest BCUT2D eigenvalue weighted by Gasteiger charge is -2.17. The van der Waals surface area contributed by atoms with E-state index in [0.29, 0.717) is 0 Å². The van der Waals surface area contributed by atoms with Crippen LogP contribution in [0.5, 0.6) is 0 Å². The standard InChI is InChI=1S/C18H17N3OS/c1-12-20-16(11-23-12)13-7-9-15(10-8-13)21-17(18(19)22)14-5-3-2-4-6-14/h2-11,17,21H,1H3,(H2,19,22). The van der Waals surface area contributed by atoms with Crippen molar-refractivity contribution in [2.24, 2.45) is 5.73 Å². The molecular weight excluding hydrogens is 306 g/mol. The summed E-state index contributed by atoms with van der Waals surface area (Å²) in [6, 6.07) is 16.7. The number of aryl methyl sites for hydroxylation is 1. The molecule has 1 heterocycles. The highest BCUT2D eigenvalue weighted by Crippen LogP contribution is 2.25. The van der Waals surface area contributed by atoms with Crippen molar-refractivity contribution < 1.29 is 4.79 Å². The summed E-state index contributed by atoms with van der Waals surface area (Å²) < 4.78 is 0. The molecule has 0 fully saturated rings. The molecule has 23 heavy (non-hydrogen) atoms. The van der Waals surface area contributed by atoms with Gasteiger partial charge in [-0.05, 0) is 24.6 Å². The molecule has 3 aromatic rings. The van der Waals surface area contributed by atoms with Crippen LogP contribution in [0.1, 0.15) is 16.6 Å². The number of thiazole rings is 1. The van der Waals surface area contributed by atoms with Gasteiger partial charge in [-0.1, -0.05) is 42.5 Å². The number of nitrogens with one attached hydrogen (secondary N) is 1. The van der Waals surface area contributed by atoms with Crippen molar-refractivity contribution in [2.45, 2.75) is 13.0 Å². The van der Waals surface area contributed by atoms with Crippen molar-refractivity contribution in [1.82, 2.24) is 4.98 Å². The average Bonchev–Trinajstić information content (AvgIpc) is 3.00. The summed E-state index contributed by atoms with van der Waals surface area (Å²) in [6.07, 6.45) is 0. The number of amides is 1. The van der Waals surface area contributed by atoms with Crippen LogP contribution in [0.25, 0.3) is 11.3 Å². The summed E-state index contributed by atoms with van der Waals surface area (Å²) in [6.45, 7) is 1.99. The van der Waals surface area contributed by atoms with Crippen molar-refractivity contribution in [2.75, 3.05) is 5.32 Å². The third-order valence-corrected chi connectivity index (χ3v) is 4.30. The molecular formula is C18H17N3OS. The fourth-order valence-electron chi connectivity index (χ4n) is 2.36. The number of aromatic nitrogens is 1. The lowest BCUT2D eigenvalue weighted by atomic mass is 10.1. The Labute approximate surface area is 139 Å². The maximum atomic E-state index is 11.7. The summed E-state index contributed by atoms with van der Waals surface area (Å²) in [5.41, 5.74) is 9.24. The van der Waals surface area contributed by atoms with Gasteiger partial charge in [0.25, 0.3) is 0 Å². The Morgan fingerprint density at radius 1 is 1.13 bits per heavy atom. The van der Waals surface area contributed by atoms with Gasteiger partial charge in [0.05, 0.1) is 10.7 Å².